The second kappa shape index (κ2) is 9.86. The second-order valence-electron chi connectivity index (χ2n) is 7.66. The SMILES string of the molecule is O=C(Nc1ccc(Cn2cncn2)cc1)C(=O)NC1CCCN(Cc2ccccc2)C1=O. The Kier molecular flexibility index (Phi) is 6.54. The van der Waals surface area contributed by atoms with Crippen LogP contribution < -0.4 is 10.6 Å². The van der Waals surface area contributed by atoms with Gasteiger partial charge in [-0.2, -0.15) is 5.10 Å². The number of hydrogen-bond donors (Lipinski definition) is 2. The first kappa shape index (κ1) is 21.2. The monoisotopic (exact) mass is 432 g/mol. The quantitative estimate of drug-likeness (QED) is 0.575. The highest BCUT2D eigenvalue weighted by Gasteiger charge is 2.31. The molecule has 1 saturated heterocycles. The van der Waals surface area contributed by atoms with E-state index < -0.39 is 17.9 Å². The van der Waals surface area contributed by atoms with Crippen LogP contribution >= 0.6 is 0 Å². The fraction of sp³-hybridized carbons (Fsp3) is 0.261. The maximum atomic E-state index is 12.8. The van der Waals surface area contributed by atoms with Crippen LogP contribution in [0.15, 0.2) is 67.3 Å². The van der Waals surface area contributed by atoms with Crippen molar-refractivity contribution in [2.45, 2.75) is 32.0 Å². The van der Waals surface area contributed by atoms with E-state index in [4.69, 9.17) is 0 Å². The molecule has 0 radical (unpaired) electrons. The van der Waals surface area contributed by atoms with Crippen molar-refractivity contribution in [1.29, 1.82) is 0 Å². The number of rotatable bonds is 6. The van der Waals surface area contributed by atoms with Crippen LogP contribution in [0.3, 0.4) is 0 Å². The van der Waals surface area contributed by atoms with Crippen molar-refractivity contribution in [2.24, 2.45) is 0 Å². The van der Waals surface area contributed by atoms with E-state index in [9.17, 15) is 14.4 Å². The first-order valence-electron chi connectivity index (χ1n) is 10.4. The fourth-order valence-corrected chi connectivity index (χ4v) is 3.64. The van der Waals surface area contributed by atoms with E-state index in [1.54, 1.807) is 28.0 Å². The third-order valence-corrected chi connectivity index (χ3v) is 5.28. The Morgan fingerprint density at radius 1 is 0.969 bits per heavy atom. The zero-order valence-electron chi connectivity index (χ0n) is 17.5. The molecule has 9 nitrogen and oxygen atoms in total. The van der Waals surface area contributed by atoms with Crippen molar-refractivity contribution in [3.8, 4) is 0 Å². The predicted molar refractivity (Wildman–Crippen MR) is 117 cm³/mol. The number of likely N-dealkylation sites (tertiary alicyclic amines) is 1. The molecule has 3 amide bonds. The Bertz CT molecular complexity index is 1070. The standard InChI is InChI=1S/C23H24N6O3/c30-21(26-19-10-8-18(9-11-19)14-29-16-24-15-25-29)22(31)27-20-7-4-12-28(23(20)32)13-17-5-2-1-3-6-17/h1-3,5-6,8-11,15-16,20H,4,7,12-14H2,(H,26,30)(H,27,31). The van der Waals surface area contributed by atoms with Gasteiger partial charge in [0, 0.05) is 18.8 Å². The van der Waals surface area contributed by atoms with Gasteiger partial charge in [0.2, 0.25) is 5.91 Å². The predicted octanol–water partition coefficient (Wildman–Crippen LogP) is 1.57. The van der Waals surface area contributed by atoms with Gasteiger partial charge in [-0.1, -0.05) is 42.5 Å². The Morgan fingerprint density at radius 3 is 2.44 bits per heavy atom. The summed E-state index contributed by atoms with van der Waals surface area (Å²) < 4.78 is 1.68. The lowest BCUT2D eigenvalue weighted by molar-refractivity contribution is -0.142. The number of nitrogens with zero attached hydrogens (tertiary/aromatic N) is 4. The minimum atomic E-state index is -0.823. The summed E-state index contributed by atoms with van der Waals surface area (Å²) in [7, 11) is 0. The molecule has 0 bridgehead atoms. The Morgan fingerprint density at radius 2 is 1.72 bits per heavy atom. The van der Waals surface area contributed by atoms with Crippen LogP contribution in [0.2, 0.25) is 0 Å². The Labute approximate surface area is 185 Å². The first-order chi connectivity index (χ1) is 15.6. The average Bonchev–Trinajstić information content (AvgIpc) is 3.31. The molecule has 0 saturated carbocycles. The molecule has 2 aromatic carbocycles. The van der Waals surface area contributed by atoms with Crippen LogP contribution in [-0.2, 0) is 27.5 Å². The molecule has 3 aromatic rings. The summed E-state index contributed by atoms with van der Waals surface area (Å²) in [5.41, 5.74) is 2.50. The highest BCUT2D eigenvalue weighted by molar-refractivity contribution is 6.40. The summed E-state index contributed by atoms with van der Waals surface area (Å²) in [4.78, 5) is 43.1. The maximum absolute atomic E-state index is 12.8. The average molecular weight is 432 g/mol. The third kappa shape index (κ3) is 5.37. The van der Waals surface area contributed by atoms with Gasteiger partial charge in [0.15, 0.2) is 0 Å². The molecule has 1 aromatic heterocycles. The molecule has 2 N–H and O–H groups in total. The maximum Gasteiger partial charge on any atom is 0.313 e. The van der Waals surface area contributed by atoms with Crippen molar-refractivity contribution in [3.63, 3.8) is 0 Å². The van der Waals surface area contributed by atoms with E-state index >= 15 is 0 Å². The van der Waals surface area contributed by atoms with E-state index in [1.165, 1.54) is 6.33 Å². The zero-order chi connectivity index (χ0) is 22.3. The van der Waals surface area contributed by atoms with Crippen LogP contribution in [-0.4, -0.2) is 50.0 Å². The van der Waals surface area contributed by atoms with Crippen LogP contribution in [0.1, 0.15) is 24.0 Å². The molecule has 1 aliphatic rings. The van der Waals surface area contributed by atoms with Crippen molar-refractivity contribution in [3.05, 3.63) is 78.4 Å². The molecule has 4 rings (SSSR count). The lowest BCUT2D eigenvalue weighted by Gasteiger charge is -2.32. The summed E-state index contributed by atoms with van der Waals surface area (Å²) >= 11 is 0. The minimum absolute atomic E-state index is 0.168. The zero-order valence-corrected chi connectivity index (χ0v) is 17.5. The van der Waals surface area contributed by atoms with Crippen LogP contribution in [0.4, 0.5) is 5.69 Å². The highest BCUT2D eigenvalue weighted by atomic mass is 16.2. The Balaban J connectivity index is 1.30. The number of amides is 3. The number of nitrogens with one attached hydrogen (secondary N) is 2. The summed E-state index contributed by atoms with van der Waals surface area (Å²) in [5.74, 6) is -1.79. The van der Waals surface area contributed by atoms with E-state index in [0.29, 0.717) is 31.7 Å². The lowest BCUT2D eigenvalue weighted by Crippen LogP contribution is -2.53. The molecule has 1 aliphatic heterocycles. The molecule has 32 heavy (non-hydrogen) atoms. The van der Waals surface area contributed by atoms with E-state index in [1.807, 2.05) is 42.5 Å². The highest BCUT2D eigenvalue weighted by Crippen LogP contribution is 2.16. The van der Waals surface area contributed by atoms with Crippen LogP contribution in [0.25, 0.3) is 0 Å². The fourth-order valence-electron chi connectivity index (χ4n) is 3.64. The number of carbonyl (C=O) groups excluding carboxylic acids is 3. The first-order valence-corrected chi connectivity index (χ1v) is 10.4. The number of carbonyl (C=O) groups is 3. The number of hydrogen-bond acceptors (Lipinski definition) is 5. The van der Waals surface area contributed by atoms with Crippen LogP contribution in [0, 0.1) is 0 Å². The minimum Gasteiger partial charge on any atom is -0.337 e. The molecular formula is C23H24N6O3. The van der Waals surface area contributed by atoms with Gasteiger partial charge in [-0.3, -0.25) is 14.4 Å². The smallest absolute Gasteiger partial charge is 0.313 e. The van der Waals surface area contributed by atoms with Gasteiger partial charge < -0.3 is 15.5 Å². The van der Waals surface area contributed by atoms with Crippen molar-refractivity contribution in [1.82, 2.24) is 25.0 Å². The number of piperidine rings is 1. The number of aromatic nitrogens is 3. The van der Waals surface area contributed by atoms with E-state index in [0.717, 1.165) is 17.5 Å². The van der Waals surface area contributed by atoms with Crippen molar-refractivity contribution in [2.75, 3.05) is 11.9 Å². The molecule has 2 heterocycles. The molecule has 164 valence electrons. The Hall–Kier alpha value is -4.01. The third-order valence-electron chi connectivity index (χ3n) is 5.28. The van der Waals surface area contributed by atoms with Gasteiger partial charge in [0.05, 0.1) is 6.54 Å². The van der Waals surface area contributed by atoms with Crippen LogP contribution in [0.5, 0.6) is 0 Å². The van der Waals surface area contributed by atoms with E-state index in [-0.39, 0.29) is 5.91 Å². The normalized spacial score (nSPS) is 15.9. The lowest BCUT2D eigenvalue weighted by atomic mass is 10.0. The van der Waals surface area contributed by atoms with Gasteiger partial charge in [-0.25, -0.2) is 9.67 Å². The van der Waals surface area contributed by atoms with Gasteiger partial charge in [0.1, 0.15) is 18.7 Å². The van der Waals surface area contributed by atoms with Gasteiger partial charge in [-0.15, -0.1) is 0 Å². The largest absolute Gasteiger partial charge is 0.337 e. The van der Waals surface area contributed by atoms with E-state index in [2.05, 4.69) is 20.7 Å². The number of anilines is 1. The summed E-state index contributed by atoms with van der Waals surface area (Å²) in [6.07, 6.45) is 4.36. The van der Waals surface area contributed by atoms with Gasteiger partial charge in [-0.05, 0) is 36.1 Å². The topological polar surface area (TPSA) is 109 Å². The molecule has 0 aliphatic carbocycles. The molecule has 1 unspecified atom stereocenters. The molecule has 1 fully saturated rings. The number of benzene rings is 2. The molecule has 0 spiro atoms. The molecule has 1 atom stereocenters. The summed E-state index contributed by atoms with van der Waals surface area (Å²) in [5, 5.41) is 9.21. The summed E-state index contributed by atoms with van der Waals surface area (Å²) in [6.45, 7) is 1.67. The second-order valence-corrected chi connectivity index (χ2v) is 7.66. The van der Waals surface area contributed by atoms with Crippen molar-refractivity contribution < 1.29 is 14.4 Å². The van der Waals surface area contributed by atoms with Gasteiger partial charge >= 0.3 is 11.8 Å². The van der Waals surface area contributed by atoms with Gasteiger partial charge in [0.25, 0.3) is 0 Å². The molecule has 9 heteroatoms. The molecular weight excluding hydrogens is 408 g/mol. The van der Waals surface area contributed by atoms with Crippen molar-refractivity contribution >= 4 is 23.4 Å². The summed E-state index contributed by atoms with van der Waals surface area (Å²) in [6, 6.07) is 16.1.